The number of rotatable bonds is 6. The van der Waals surface area contributed by atoms with Gasteiger partial charge in [-0.2, -0.15) is 0 Å². The van der Waals surface area contributed by atoms with E-state index >= 15 is 0 Å². The number of aliphatic imine (C=N–C) groups is 2. The molecule has 2 heterocycles. The van der Waals surface area contributed by atoms with Crippen LogP contribution in [0.1, 0.15) is 22.9 Å². The van der Waals surface area contributed by atoms with Crippen molar-refractivity contribution in [3.63, 3.8) is 0 Å². The number of nitrogens with one attached hydrogen (secondary N) is 1. The molecule has 10 rings (SSSR count). The van der Waals surface area contributed by atoms with E-state index in [0.717, 1.165) is 66.7 Å². The molecule has 250 valence electrons. The second-order valence-corrected chi connectivity index (χ2v) is 13.4. The average Bonchev–Trinajstić information content (AvgIpc) is 3.63. The van der Waals surface area contributed by atoms with Crippen molar-refractivity contribution in [1.82, 2.24) is 5.32 Å². The Morgan fingerprint density at radius 3 is 1.62 bits per heavy atom. The molecule has 0 aliphatic carbocycles. The van der Waals surface area contributed by atoms with Gasteiger partial charge in [0.15, 0.2) is 5.84 Å². The third-order valence-electron chi connectivity index (χ3n) is 10.2. The van der Waals surface area contributed by atoms with Crippen LogP contribution in [0, 0.1) is 0 Å². The summed E-state index contributed by atoms with van der Waals surface area (Å²) in [5.74, 6) is 1.43. The van der Waals surface area contributed by atoms with Gasteiger partial charge in [-0.1, -0.05) is 170 Å². The van der Waals surface area contributed by atoms with Gasteiger partial charge in [0, 0.05) is 21.9 Å². The van der Waals surface area contributed by atoms with E-state index in [-0.39, 0.29) is 6.17 Å². The number of fused-ring (bicyclic) bond motifs is 4. The number of amidine groups is 2. The summed E-state index contributed by atoms with van der Waals surface area (Å²) >= 11 is 0. The Morgan fingerprint density at radius 2 is 0.943 bits per heavy atom. The van der Waals surface area contributed by atoms with E-state index in [1.165, 1.54) is 21.9 Å². The van der Waals surface area contributed by atoms with Crippen molar-refractivity contribution in [3.8, 4) is 33.4 Å². The molecule has 0 bridgehead atoms. The Morgan fingerprint density at radius 1 is 0.415 bits per heavy atom. The number of hydrogen-bond acceptors (Lipinski definition) is 4. The average molecular weight is 680 g/mol. The van der Waals surface area contributed by atoms with Crippen LogP contribution in [-0.2, 0) is 0 Å². The van der Waals surface area contributed by atoms with Crippen LogP contribution in [0.25, 0.3) is 66.1 Å². The molecule has 0 saturated heterocycles. The fourth-order valence-electron chi connectivity index (χ4n) is 7.48. The van der Waals surface area contributed by atoms with Gasteiger partial charge in [0.1, 0.15) is 23.2 Å². The zero-order valence-corrected chi connectivity index (χ0v) is 28.8. The first-order valence-electron chi connectivity index (χ1n) is 17.9. The van der Waals surface area contributed by atoms with Gasteiger partial charge in [0.2, 0.25) is 0 Å². The second kappa shape index (κ2) is 12.9. The first-order chi connectivity index (χ1) is 26.2. The quantitative estimate of drug-likeness (QED) is 0.190. The normalized spacial score (nSPS) is 14.2. The molecule has 8 aromatic carbocycles. The summed E-state index contributed by atoms with van der Waals surface area (Å²) in [6, 6.07) is 65.8. The number of nitrogens with zero attached hydrogens (tertiary/aromatic N) is 2. The van der Waals surface area contributed by atoms with Crippen molar-refractivity contribution >= 4 is 44.4 Å². The topological polar surface area (TPSA) is 49.9 Å². The molecular weight excluding hydrogens is 647 g/mol. The number of furan rings is 1. The van der Waals surface area contributed by atoms with Gasteiger partial charge < -0.3 is 9.73 Å². The molecule has 1 unspecified atom stereocenters. The maximum atomic E-state index is 6.55. The predicted octanol–water partition coefficient (Wildman–Crippen LogP) is 12.2. The summed E-state index contributed by atoms with van der Waals surface area (Å²) in [4.78, 5) is 10.5. The Balaban J connectivity index is 1.12. The SMILES string of the molecule is c1ccc(-c2ccc(C3=NC(c4ccc(-c5ccccc5)cc4)NC(c4cccc5oc6cccc(-c7ccc8ccccc8c7)c6c45)=N3)cc2)cc1. The summed E-state index contributed by atoms with van der Waals surface area (Å²) in [5, 5.41) is 8.24. The fraction of sp³-hybridized carbons (Fsp3) is 0.0204. The van der Waals surface area contributed by atoms with Crippen LogP contribution in [0.4, 0.5) is 0 Å². The van der Waals surface area contributed by atoms with E-state index < -0.39 is 0 Å². The summed E-state index contributed by atoms with van der Waals surface area (Å²) in [7, 11) is 0. The van der Waals surface area contributed by atoms with Crippen molar-refractivity contribution in [1.29, 1.82) is 0 Å². The molecule has 0 fully saturated rings. The molecule has 1 aliphatic heterocycles. The van der Waals surface area contributed by atoms with E-state index in [9.17, 15) is 0 Å². The first kappa shape index (κ1) is 30.8. The molecule has 1 atom stereocenters. The van der Waals surface area contributed by atoms with Gasteiger partial charge in [-0.25, -0.2) is 9.98 Å². The minimum Gasteiger partial charge on any atom is -0.456 e. The lowest BCUT2D eigenvalue weighted by Crippen LogP contribution is -2.33. The maximum Gasteiger partial charge on any atom is 0.159 e. The van der Waals surface area contributed by atoms with Gasteiger partial charge in [0.05, 0.1) is 0 Å². The molecule has 9 aromatic rings. The molecular formula is C49H33N3O. The lowest BCUT2D eigenvalue weighted by Gasteiger charge is -2.24. The van der Waals surface area contributed by atoms with Crippen LogP contribution >= 0.6 is 0 Å². The zero-order chi connectivity index (χ0) is 35.1. The van der Waals surface area contributed by atoms with Gasteiger partial charge >= 0.3 is 0 Å². The highest BCUT2D eigenvalue weighted by molar-refractivity contribution is 6.24. The molecule has 0 amide bonds. The predicted molar refractivity (Wildman–Crippen MR) is 219 cm³/mol. The van der Waals surface area contributed by atoms with Crippen LogP contribution in [0.2, 0.25) is 0 Å². The van der Waals surface area contributed by atoms with Gasteiger partial charge in [-0.05, 0) is 67.9 Å². The summed E-state index contributed by atoms with van der Waals surface area (Å²) in [6.07, 6.45) is -0.357. The van der Waals surface area contributed by atoms with E-state index in [2.05, 4.69) is 169 Å². The standard InChI is InChI=1S/C49H33N3O/c1-3-11-32(12-4-1)35-21-26-37(27-22-35)47-50-48(38-28-23-36(24-29-38)33-13-5-2-6-14-33)52-49(51-47)42-18-10-20-44-46(42)45-41(17-9-19-43(45)53-44)40-30-25-34-15-7-8-16-39(34)31-40/h1-31,47H,(H,50,51,52). The minimum absolute atomic E-state index is 0.357. The fourth-order valence-corrected chi connectivity index (χ4v) is 7.48. The van der Waals surface area contributed by atoms with E-state index in [1.807, 2.05) is 24.3 Å². The minimum atomic E-state index is -0.357. The molecule has 1 N–H and O–H groups in total. The van der Waals surface area contributed by atoms with Crippen LogP contribution in [0.5, 0.6) is 0 Å². The van der Waals surface area contributed by atoms with Gasteiger partial charge in [0.25, 0.3) is 0 Å². The van der Waals surface area contributed by atoms with E-state index in [0.29, 0.717) is 5.84 Å². The Hall–Kier alpha value is -7.04. The highest BCUT2D eigenvalue weighted by atomic mass is 16.3. The molecule has 4 heteroatoms. The smallest absolute Gasteiger partial charge is 0.159 e. The Labute approximate surface area is 307 Å². The van der Waals surface area contributed by atoms with Crippen molar-refractivity contribution < 1.29 is 4.42 Å². The third-order valence-corrected chi connectivity index (χ3v) is 10.2. The van der Waals surface area contributed by atoms with Crippen molar-refractivity contribution in [2.75, 3.05) is 0 Å². The molecule has 0 saturated carbocycles. The molecule has 4 nitrogen and oxygen atoms in total. The van der Waals surface area contributed by atoms with Gasteiger partial charge in [-0.15, -0.1) is 0 Å². The molecule has 0 spiro atoms. The van der Waals surface area contributed by atoms with Crippen LogP contribution in [-0.4, -0.2) is 11.7 Å². The second-order valence-electron chi connectivity index (χ2n) is 13.4. The van der Waals surface area contributed by atoms with Crippen LogP contribution in [0.15, 0.2) is 202 Å². The third kappa shape index (κ3) is 5.67. The van der Waals surface area contributed by atoms with E-state index in [1.54, 1.807) is 0 Å². The Kier molecular flexibility index (Phi) is 7.51. The summed E-state index contributed by atoms with van der Waals surface area (Å²) in [6.45, 7) is 0. The highest BCUT2D eigenvalue weighted by Gasteiger charge is 2.25. The lowest BCUT2D eigenvalue weighted by molar-refractivity contribution is 0.668. The number of benzene rings is 8. The molecule has 53 heavy (non-hydrogen) atoms. The first-order valence-corrected chi connectivity index (χ1v) is 17.9. The summed E-state index contributed by atoms with van der Waals surface area (Å²) in [5.41, 5.74) is 11.6. The zero-order valence-electron chi connectivity index (χ0n) is 28.8. The monoisotopic (exact) mass is 679 g/mol. The van der Waals surface area contributed by atoms with Gasteiger partial charge in [-0.3, -0.25) is 0 Å². The van der Waals surface area contributed by atoms with Crippen molar-refractivity contribution in [2.24, 2.45) is 9.98 Å². The number of hydrogen-bond donors (Lipinski definition) is 1. The maximum absolute atomic E-state index is 6.55. The Bertz CT molecular complexity index is 2830. The highest BCUT2D eigenvalue weighted by Crippen LogP contribution is 2.40. The largest absolute Gasteiger partial charge is 0.456 e. The molecule has 1 aromatic heterocycles. The van der Waals surface area contributed by atoms with Crippen LogP contribution in [0.3, 0.4) is 0 Å². The van der Waals surface area contributed by atoms with E-state index in [4.69, 9.17) is 14.4 Å². The lowest BCUT2D eigenvalue weighted by atomic mass is 9.95. The molecule has 0 radical (unpaired) electrons. The summed E-state index contributed by atoms with van der Waals surface area (Å²) < 4.78 is 6.55. The van der Waals surface area contributed by atoms with Crippen molar-refractivity contribution in [3.05, 3.63) is 205 Å². The molecule has 1 aliphatic rings. The van der Waals surface area contributed by atoms with Crippen LogP contribution < -0.4 is 5.32 Å². The van der Waals surface area contributed by atoms with Crippen molar-refractivity contribution in [2.45, 2.75) is 6.17 Å².